The van der Waals surface area contributed by atoms with Gasteiger partial charge < -0.3 is 10.1 Å². The summed E-state index contributed by atoms with van der Waals surface area (Å²) in [6, 6.07) is 16.7. The molecule has 0 spiro atoms. The van der Waals surface area contributed by atoms with Crippen LogP contribution in [0, 0.1) is 0 Å². The van der Waals surface area contributed by atoms with Crippen LogP contribution in [0.4, 0.5) is 0 Å². The monoisotopic (exact) mass is 412 g/mol. The molecular weight excluding hydrogens is 392 g/mol. The van der Waals surface area contributed by atoms with Crippen molar-refractivity contribution in [2.45, 2.75) is 30.2 Å². The molecule has 1 atom stereocenters. The number of hydrogen-bond acceptors (Lipinski definition) is 6. The topological polar surface area (TPSA) is 68.3 Å². The van der Waals surface area contributed by atoms with Crippen LogP contribution >= 0.6 is 23.1 Å². The predicted octanol–water partition coefficient (Wildman–Crippen LogP) is 4.30. The largest absolute Gasteiger partial charge is 0.449 e. The Kier molecular flexibility index (Phi) is 7.22. The summed E-state index contributed by atoms with van der Waals surface area (Å²) in [7, 11) is 0. The van der Waals surface area contributed by atoms with E-state index in [2.05, 4.69) is 10.3 Å². The highest BCUT2D eigenvalue weighted by atomic mass is 32.2. The number of ether oxygens (including phenoxy) is 1. The molecule has 144 valence electrons. The Labute approximate surface area is 172 Å². The van der Waals surface area contributed by atoms with Crippen LogP contribution in [-0.2, 0) is 21.8 Å². The van der Waals surface area contributed by atoms with Gasteiger partial charge in [0.15, 0.2) is 6.10 Å². The van der Waals surface area contributed by atoms with Gasteiger partial charge in [0.25, 0.3) is 5.91 Å². The molecule has 3 aromatic rings. The second-order valence-corrected chi connectivity index (χ2v) is 7.81. The number of thiazole rings is 1. The van der Waals surface area contributed by atoms with Crippen molar-refractivity contribution in [3.8, 4) is 0 Å². The molecule has 1 unspecified atom stereocenters. The zero-order valence-corrected chi connectivity index (χ0v) is 17.0. The van der Waals surface area contributed by atoms with Gasteiger partial charge in [-0.1, -0.05) is 30.3 Å². The Morgan fingerprint density at radius 3 is 2.57 bits per heavy atom. The second kappa shape index (κ2) is 10.1. The fourth-order valence-corrected chi connectivity index (χ4v) is 3.83. The Morgan fingerprint density at radius 1 is 1.14 bits per heavy atom. The van der Waals surface area contributed by atoms with Crippen LogP contribution in [-0.4, -0.2) is 23.0 Å². The maximum absolute atomic E-state index is 12.3. The number of nitrogens with one attached hydrogen (secondary N) is 1. The number of aromatic nitrogens is 1. The van der Waals surface area contributed by atoms with E-state index in [1.165, 1.54) is 0 Å². The lowest BCUT2D eigenvalue weighted by molar-refractivity contribution is -0.129. The number of amides is 1. The van der Waals surface area contributed by atoms with Gasteiger partial charge >= 0.3 is 5.97 Å². The summed E-state index contributed by atoms with van der Waals surface area (Å²) in [5, 5.41) is 4.79. The van der Waals surface area contributed by atoms with E-state index in [0.717, 1.165) is 21.9 Å². The van der Waals surface area contributed by atoms with Gasteiger partial charge in [0, 0.05) is 22.6 Å². The number of carbonyl (C=O) groups excluding carboxylic acids is 2. The zero-order valence-electron chi connectivity index (χ0n) is 15.3. The van der Waals surface area contributed by atoms with E-state index in [1.54, 1.807) is 42.2 Å². The number of rotatable bonds is 8. The number of carbonyl (C=O) groups is 2. The van der Waals surface area contributed by atoms with Gasteiger partial charge in [-0.2, -0.15) is 0 Å². The third-order valence-electron chi connectivity index (χ3n) is 3.92. The summed E-state index contributed by atoms with van der Waals surface area (Å²) >= 11 is 3.22. The van der Waals surface area contributed by atoms with Crippen molar-refractivity contribution >= 4 is 35.0 Å². The lowest BCUT2D eigenvalue weighted by atomic mass is 10.2. The van der Waals surface area contributed by atoms with E-state index in [0.29, 0.717) is 12.1 Å². The summed E-state index contributed by atoms with van der Waals surface area (Å²) in [5.41, 5.74) is 4.25. The van der Waals surface area contributed by atoms with Gasteiger partial charge in [0.05, 0.1) is 16.8 Å². The molecule has 7 heteroatoms. The van der Waals surface area contributed by atoms with Crippen molar-refractivity contribution in [2.24, 2.45) is 0 Å². The van der Waals surface area contributed by atoms with Crippen LogP contribution in [0.5, 0.6) is 0 Å². The molecule has 0 aliphatic rings. The minimum atomic E-state index is -0.866. The Hall–Kier alpha value is -2.64. The highest BCUT2D eigenvalue weighted by Crippen LogP contribution is 2.23. The molecular formula is C21H20N2O3S2. The normalized spacial score (nSPS) is 11.6. The van der Waals surface area contributed by atoms with Crippen LogP contribution in [0.1, 0.15) is 28.5 Å². The molecule has 1 N–H and O–H groups in total. The molecule has 1 aromatic heterocycles. The number of esters is 1. The molecule has 3 rings (SSSR count). The molecule has 1 amide bonds. The third-order valence-corrected chi connectivity index (χ3v) is 5.60. The van der Waals surface area contributed by atoms with Crippen LogP contribution in [0.25, 0.3) is 0 Å². The maximum Gasteiger partial charge on any atom is 0.338 e. The molecule has 0 aliphatic heterocycles. The van der Waals surface area contributed by atoms with Crippen LogP contribution in [0.2, 0.25) is 0 Å². The highest BCUT2D eigenvalue weighted by Gasteiger charge is 2.18. The van der Waals surface area contributed by atoms with Crippen molar-refractivity contribution in [1.82, 2.24) is 10.3 Å². The third kappa shape index (κ3) is 5.94. The second-order valence-electron chi connectivity index (χ2n) is 6.04. The summed E-state index contributed by atoms with van der Waals surface area (Å²) in [6.07, 6.45) is -0.866. The standard InChI is InChI=1S/C21H20N2O3S2/c1-15(20(24)22-11-16-5-3-2-4-6-16)26-21(25)17-7-9-19(10-8-17)28-13-18-12-27-14-23-18/h2-10,12,14-15H,11,13H2,1H3,(H,22,24). The van der Waals surface area contributed by atoms with Gasteiger partial charge in [0.1, 0.15) is 0 Å². The smallest absolute Gasteiger partial charge is 0.338 e. The molecule has 0 saturated carbocycles. The molecule has 0 saturated heterocycles. The van der Waals surface area contributed by atoms with E-state index in [-0.39, 0.29) is 5.91 Å². The number of nitrogens with zero attached hydrogens (tertiary/aromatic N) is 1. The van der Waals surface area contributed by atoms with Crippen LogP contribution in [0.15, 0.2) is 70.4 Å². The quantitative estimate of drug-likeness (QED) is 0.441. The van der Waals surface area contributed by atoms with E-state index < -0.39 is 12.1 Å². The highest BCUT2D eigenvalue weighted by molar-refractivity contribution is 7.98. The number of thioether (sulfide) groups is 1. The van der Waals surface area contributed by atoms with E-state index >= 15 is 0 Å². The van der Waals surface area contributed by atoms with Gasteiger partial charge in [-0.25, -0.2) is 9.78 Å². The molecule has 1 heterocycles. The van der Waals surface area contributed by atoms with Gasteiger partial charge in [-0.05, 0) is 36.8 Å². The Balaban J connectivity index is 1.47. The predicted molar refractivity (Wildman–Crippen MR) is 111 cm³/mol. The van der Waals surface area contributed by atoms with Gasteiger partial charge in [-0.15, -0.1) is 23.1 Å². The SMILES string of the molecule is CC(OC(=O)c1ccc(SCc2cscn2)cc1)C(=O)NCc1ccccc1. The first-order chi connectivity index (χ1) is 13.6. The van der Waals surface area contributed by atoms with Crippen molar-refractivity contribution in [1.29, 1.82) is 0 Å². The first-order valence-electron chi connectivity index (χ1n) is 8.74. The Morgan fingerprint density at radius 2 is 1.89 bits per heavy atom. The molecule has 28 heavy (non-hydrogen) atoms. The van der Waals surface area contributed by atoms with Crippen LogP contribution < -0.4 is 5.32 Å². The first-order valence-corrected chi connectivity index (χ1v) is 10.7. The van der Waals surface area contributed by atoms with E-state index in [4.69, 9.17) is 4.74 Å². The van der Waals surface area contributed by atoms with Crippen LogP contribution in [0.3, 0.4) is 0 Å². The fraction of sp³-hybridized carbons (Fsp3) is 0.190. The lowest BCUT2D eigenvalue weighted by Gasteiger charge is -2.13. The molecule has 0 bridgehead atoms. The fourth-order valence-electron chi connectivity index (χ4n) is 2.36. The minimum Gasteiger partial charge on any atom is -0.449 e. The Bertz CT molecular complexity index is 897. The average Bonchev–Trinajstić information content (AvgIpc) is 3.25. The van der Waals surface area contributed by atoms with Gasteiger partial charge in [-0.3, -0.25) is 4.79 Å². The number of hydrogen-bond donors (Lipinski definition) is 1. The summed E-state index contributed by atoms with van der Waals surface area (Å²) in [4.78, 5) is 29.7. The van der Waals surface area contributed by atoms with Gasteiger partial charge in [0.2, 0.25) is 0 Å². The first kappa shape index (κ1) is 20.1. The molecule has 0 aliphatic carbocycles. The molecule has 2 aromatic carbocycles. The number of benzene rings is 2. The molecule has 0 fully saturated rings. The van der Waals surface area contributed by atoms with E-state index in [9.17, 15) is 9.59 Å². The molecule has 0 radical (unpaired) electrons. The molecule has 5 nitrogen and oxygen atoms in total. The van der Waals surface area contributed by atoms with Crippen molar-refractivity contribution in [3.63, 3.8) is 0 Å². The van der Waals surface area contributed by atoms with Crippen molar-refractivity contribution in [2.75, 3.05) is 0 Å². The summed E-state index contributed by atoms with van der Waals surface area (Å²) in [5.74, 6) is -0.0580. The zero-order chi connectivity index (χ0) is 19.8. The van der Waals surface area contributed by atoms with E-state index in [1.807, 2.05) is 53.4 Å². The average molecular weight is 413 g/mol. The maximum atomic E-state index is 12.3. The van der Waals surface area contributed by atoms with Crippen molar-refractivity contribution < 1.29 is 14.3 Å². The lowest BCUT2D eigenvalue weighted by Crippen LogP contribution is -2.35. The van der Waals surface area contributed by atoms with Crippen molar-refractivity contribution in [3.05, 3.63) is 82.3 Å². The summed E-state index contributed by atoms with van der Waals surface area (Å²) in [6.45, 7) is 1.96. The minimum absolute atomic E-state index is 0.326. The summed E-state index contributed by atoms with van der Waals surface area (Å²) < 4.78 is 5.28.